The molecule has 0 aliphatic heterocycles. The lowest BCUT2D eigenvalue weighted by Crippen LogP contribution is -2.22. The van der Waals surface area contributed by atoms with Crippen LogP contribution in [0.25, 0.3) is 0 Å². The third kappa shape index (κ3) is 4.11. The third-order valence-electron chi connectivity index (χ3n) is 2.55. The summed E-state index contributed by atoms with van der Waals surface area (Å²) in [6.07, 6.45) is 0. The van der Waals surface area contributed by atoms with Gasteiger partial charge in [-0.3, -0.25) is 14.9 Å². The van der Waals surface area contributed by atoms with Crippen LogP contribution in [-0.4, -0.2) is 21.2 Å². The lowest BCUT2D eigenvalue weighted by molar-refractivity contribution is -0.385. The van der Waals surface area contributed by atoms with Crippen LogP contribution in [0.4, 0.5) is 5.69 Å². The van der Waals surface area contributed by atoms with Crippen LogP contribution in [0.15, 0.2) is 18.2 Å². The average Bonchev–Trinajstić information content (AvgIpc) is 2.29. The molecule has 1 aromatic carbocycles. The summed E-state index contributed by atoms with van der Waals surface area (Å²) < 4.78 is 0. The zero-order valence-corrected chi connectivity index (χ0v) is 12.1. The van der Waals surface area contributed by atoms with Gasteiger partial charge in [0.1, 0.15) is 5.25 Å². The number of rotatable bonds is 6. The Morgan fingerprint density at radius 1 is 1.53 bits per heavy atom. The molecule has 1 N–H and O–H groups in total. The molecule has 0 saturated heterocycles. The first-order chi connectivity index (χ1) is 8.84. The Hall–Kier alpha value is -1.27. The van der Waals surface area contributed by atoms with Crippen LogP contribution in [-0.2, 0) is 10.5 Å². The summed E-state index contributed by atoms with van der Waals surface area (Å²) in [5, 5.41) is 19.7. The van der Waals surface area contributed by atoms with Crippen molar-refractivity contribution in [1.82, 2.24) is 0 Å². The van der Waals surface area contributed by atoms with Gasteiger partial charge in [0.05, 0.1) is 15.5 Å². The molecular formula is C12H14ClNO4S. The van der Waals surface area contributed by atoms with Gasteiger partial charge in [0.2, 0.25) is 0 Å². The molecule has 0 radical (unpaired) electrons. The molecule has 0 aromatic heterocycles. The van der Waals surface area contributed by atoms with Crippen LogP contribution in [0.5, 0.6) is 0 Å². The lowest BCUT2D eigenvalue weighted by atomic mass is 10.1. The fourth-order valence-corrected chi connectivity index (χ4v) is 3.08. The Morgan fingerprint density at radius 2 is 2.16 bits per heavy atom. The summed E-state index contributed by atoms with van der Waals surface area (Å²) in [4.78, 5) is 21.5. The van der Waals surface area contributed by atoms with Gasteiger partial charge >= 0.3 is 5.97 Å². The van der Waals surface area contributed by atoms with Crippen molar-refractivity contribution in [2.45, 2.75) is 24.9 Å². The first-order valence-electron chi connectivity index (χ1n) is 5.60. The van der Waals surface area contributed by atoms with Crippen molar-refractivity contribution in [2.75, 3.05) is 0 Å². The molecule has 0 amide bonds. The Balaban J connectivity index is 2.94. The Morgan fingerprint density at radius 3 is 2.63 bits per heavy atom. The van der Waals surface area contributed by atoms with Crippen LogP contribution in [0, 0.1) is 16.0 Å². The van der Waals surface area contributed by atoms with Crippen molar-refractivity contribution in [3.63, 3.8) is 0 Å². The van der Waals surface area contributed by atoms with Gasteiger partial charge in [-0.2, -0.15) is 0 Å². The summed E-state index contributed by atoms with van der Waals surface area (Å²) in [6.45, 7) is 3.60. The fraction of sp³-hybridized carbons (Fsp3) is 0.417. The van der Waals surface area contributed by atoms with Crippen LogP contribution in [0.3, 0.4) is 0 Å². The second kappa shape index (κ2) is 6.77. The minimum atomic E-state index is -0.922. The minimum Gasteiger partial charge on any atom is -0.480 e. The van der Waals surface area contributed by atoms with Crippen LogP contribution in [0.1, 0.15) is 19.4 Å². The van der Waals surface area contributed by atoms with E-state index >= 15 is 0 Å². The summed E-state index contributed by atoms with van der Waals surface area (Å²) in [6, 6.07) is 4.44. The van der Waals surface area contributed by atoms with Gasteiger partial charge < -0.3 is 5.11 Å². The maximum atomic E-state index is 11.1. The maximum absolute atomic E-state index is 11.1. The molecule has 104 valence electrons. The molecule has 0 bridgehead atoms. The highest BCUT2D eigenvalue weighted by Crippen LogP contribution is 2.33. The average molecular weight is 304 g/mol. The van der Waals surface area contributed by atoms with Crippen molar-refractivity contribution in [2.24, 2.45) is 5.92 Å². The SMILES string of the molecule is CC(C)C(SCc1c(Cl)cccc1[N+](=O)[O-])C(=O)O. The number of halogens is 1. The Bertz CT molecular complexity index is 493. The van der Waals surface area contributed by atoms with E-state index in [4.69, 9.17) is 16.7 Å². The molecule has 0 aliphatic carbocycles. The normalized spacial score (nSPS) is 12.4. The number of hydrogen-bond donors (Lipinski definition) is 1. The van der Waals surface area contributed by atoms with E-state index < -0.39 is 16.1 Å². The van der Waals surface area contributed by atoms with Gasteiger partial charge in [0, 0.05) is 11.8 Å². The number of nitrogens with zero attached hydrogens (tertiary/aromatic N) is 1. The van der Waals surface area contributed by atoms with Crippen molar-refractivity contribution in [3.05, 3.63) is 38.9 Å². The van der Waals surface area contributed by atoms with E-state index in [0.29, 0.717) is 5.56 Å². The van der Waals surface area contributed by atoms with E-state index in [0.717, 1.165) is 11.8 Å². The molecule has 0 heterocycles. The van der Waals surface area contributed by atoms with E-state index in [-0.39, 0.29) is 22.4 Å². The van der Waals surface area contributed by atoms with Crippen LogP contribution < -0.4 is 0 Å². The van der Waals surface area contributed by atoms with Crippen molar-refractivity contribution in [3.8, 4) is 0 Å². The third-order valence-corrected chi connectivity index (χ3v) is 4.46. The molecular weight excluding hydrogens is 290 g/mol. The molecule has 0 spiro atoms. The first-order valence-corrected chi connectivity index (χ1v) is 7.03. The van der Waals surface area contributed by atoms with Gasteiger partial charge in [-0.05, 0) is 12.0 Å². The first kappa shape index (κ1) is 15.8. The van der Waals surface area contributed by atoms with E-state index in [1.54, 1.807) is 19.9 Å². The summed E-state index contributed by atoms with van der Waals surface area (Å²) >= 11 is 7.10. The maximum Gasteiger partial charge on any atom is 0.316 e. The molecule has 5 nitrogen and oxygen atoms in total. The van der Waals surface area contributed by atoms with Crippen molar-refractivity contribution < 1.29 is 14.8 Å². The monoisotopic (exact) mass is 303 g/mol. The molecule has 1 atom stereocenters. The number of hydrogen-bond acceptors (Lipinski definition) is 4. The summed E-state index contributed by atoms with van der Waals surface area (Å²) in [7, 11) is 0. The zero-order chi connectivity index (χ0) is 14.6. The predicted octanol–water partition coefficient (Wildman–Crippen LogP) is 3.59. The molecule has 0 fully saturated rings. The summed E-state index contributed by atoms with van der Waals surface area (Å²) in [5.41, 5.74) is 0.291. The molecule has 0 aliphatic rings. The second-order valence-corrected chi connectivity index (χ2v) is 5.85. The largest absolute Gasteiger partial charge is 0.480 e. The van der Waals surface area contributed by atoms with E-state index in [1.165, 1.54) is 12.1 Å². The number of thioether (sulfide) groups is 1. The van der Waals surface area contributed by atoms with Crippen molar-refractivity contribution in [1.29, 1.82) is 0 Å². The number of nitro groups is 1. The standard InChI is InChI=1S/C12H14ClNO4S/c1-7(2)11(12(15)16)19-6-8-9(13)4-3-5-10(8)14(17)18/h3-5,7,11H,6H2,1-2H3,(H,15,16). The van der Waals surface area contributed by atoms with Crippen molar-refractivity contribution >= 4 is 35.0 Å². The number of aliphatic carboxylic acids is 1. The predicted molar refractivity (Wildman–Crippen MR) is 75.7 cm³/mol. The second-order valence-electron chi connectivity index (χ2n) is 4.31. The van der Waals surface area contributed by atoms with E-state index in [2.05, 4.69) is 0 Å². The van der Waals surface area contributed by atoms with Crippen LogP contribution in [0.2, 0.25) is 5.02 Å². The zero-order valence-electron chi connectivity index (χ0n) is 10.5. The minimum absolute atomic E-state index is 0.0657. The van der Waals surface area contributed by atoms with E-state index in [1.807, 2.05) is 0 Å². The molecule has 7 heteroatoms. The molecule has 1 unspecified atom stereocenters. The number of carboxylic acids is 1. The highest BCUT2D eigenvalue weighted by Gasteiger charge is 2.24. The molecule has 0 saturated carbocycles. The topological polar surface area (TPSA) is 80.4 Å². The quantitative estimate of drug-likeness (QED) is 0.641. The molecule has 1 rings (SSSR count). The lowest BCUT2D eigenvalue weighted by Gasteiger charge is -2.15. The number of carboxylic acid groups (broad SMARTS) is 1. The number of carbonyl (C=O) groups is 1. The fourth-order valence-electron chi connectivity index (χ4n) is 1.58. The van der Waals surface area contributed by atoms with E-state index in [9.17, 15) is 14.9 Å². The Labute approximate surface area is 120 Å². The van der Waals surface area contributed by atoms with Gasteiger partial charge in [0.15, 0.2) is 0 Å². The van der Waals surface area contributed by atoms with Gasteiger partial charge in [-0.15, -0.1) is 11.8 Å². The van der Waals surface area contributed by atoms with Gasteiger partial charge in [-0.1, -0.05) is 31.5 Å². The molecule has 1 aromatic rings. The number of benzene rings is 1. The van der Waals surface area contributed by atoms with Gasteiger partial charge in [0.25, 0.3) is 5.69 Å². The highest BCUT2D eigenvalue weighted by atomic mass is 35.5. The molecule has 19 heavy (non-hydrogen) atoms. The number of nitro benzene ring substituents is 1. The van der Waals surface area contributed by atoms with Crippen LogP contribution >= 0.6 is 23.4 Å². The highest BCUT2D eigenvalue weighted by molar-refractivity contribution is 7.99. The Kier molecular flexibility index (Phi) is 5.62. The van der Waals surface area contributed by atoms with Gasteiger partial charge in [-0.25, -0.2) is 0 Å². The smallest absolute Gasteiger partial charge is 0.316 e. The summed E-state index contributed by atoms with van der Waals surface area (Å²) in [5.74, 6) is -0.788.